The van der Waals surface area contributed by atoms with Gasteiger partial charge in [-0.2, -0.15) is 5.10 Å². The van der Waals surface area contributed by atoms with Gasteiger partial charge in [0, 0.05) is 34.4 Å². The average molecular weight is 396 g/mol. The van der Waals surface area contributed by atoms with Gasteiger partial charge in [-0.05, 0) is 18.2 Å². The Morgan fingerprint density at radius 3 is 2.50 bits per heavy atom. The maximum Gasteiger partial charge on any atom is 0.284 e. The number of benzene rings is 2. The summed E-state index contributed by atoms with van der Waals surface area (Å²) in [5, 5.41) is 4.61. The maximum absolute atomic E-state index is 13.3. The molecule has 0 saturated heterocycles. The summed E-state index contributed by atoms with van der Waals surface area (Å²) in [4.78, 5) is 12.9. The third-order valence-corrected chi connectivity index (χ3v) is 4.34. The zero-order valence-corrected chi connectivity index (χ0v) is 15.0. The van der Waals surface area contributed by atoms with E-state index in [-0.39, 0.29) is 5.69 Å². The van der Waals surface area contributed by atoms with E-state index in [1.807, 2.05) is 0 Å². The van der Waals surface area contributed by atoms with E-state index in [1.165, 1.54) is 17.9 Å². The van der Waals surface area contributed by atoms with Gasteiger partial charge in [0.15, 0.2) is 5.69 Å². The fourth-order valence-corrected chi connectivity index (χ4v) is 3.21. The molecule has 0 aliphatic heterocycles. The third-order valence-electron chi connectivity index (χ3n) is 3.79. The van der Waals surface area contributed by atoms with Gasteiger partial charge in [0.05, 0.1) is 11.4 Å². The second-order valence-electron chi connectivity index (χ2n) is 5.49. The molecule has 0 spiro atoms. The number of nitrogens with zero attached hydrogens (tertiary/aromatic N) is 3. The number of carbonyl (C=O) groups is 1. The highest BCUT2D eigenvalue weighted by Crippen LogP contribution is 2.40. The molecule has 0 N–H and O–H groups in total. The highest BCUT2D eigenvalue weighted by molar-refractivity contribution is 6.36. The smallest absolute Gasteiger partial charge is 0.279 e. The first-order valence-electron chi connectivity index (χ1n) is 7.53. The molecular formula is C18H13Cl2F2N3O. The molecule has 2 aromatic carbocycles. The van der Waals surface area contributed by atoms with Crippen LogP contribution in [0.5, 0.6) is 0 Å². The number of para-hydroxylation sites is 1. The van der Waals surface area contributed by atoms with Crippen LogP contribution in [0.3, 0.4) is 0 Å². The number of halogens is 4. The molecule has 3 aromatic rings. The van der Waals surface area contributed by atoms with Crippen LogP contribution in [0, 0.1) is 0 Å². The topological polar surface area (TPSA) is 38.1 Å². The number of amides is 1. The summed E-state index contributed by atoms with van der Waals surface area (Å²) in [6.07, 6.45) is -0.971. The summed E-state index contributed by atoms with van der Waals surface area (Å²) in [5.41, 5.74) is 1.17. The van der Waals surface area contributed by atoms with Crippen LogP contribution < -0.4 is 4.90 Å². The molecule has 26 heavy (non-hydrogen) atoms. The molecule has 0 bridgehead atoms. The van der Waals surface area contributed by atoms with Crippen molar-refractivity contribution in [1.82, 2.24) is 9.78 Å². The Kier molecular flexibility index (Phi) is 5.25. The molecule has 1 aromatic heterocycles. The van der Waals surface area contributed by atoms with Crippen LogP contribution in [-0.4, -0.2) is 16.2 Å². The molecule has 4 nitrogen and oxygen atoms in total. The SMILES string of the molecule is Cn1cc(N(C=O)c2ccccc2-c2ccc(Cl)cc2Cl)c(C(F)F)n1. The van der Waals surface area contributed by atoms with E-state index in [0.717, 1.165) is 4.90 Å². The summed E-state index contributed by atoms with van der Waals surface area (Å²) in [6, 6.07) is 11.8. The summed E-state index contributed by atoms with van der Waals surface area (Å²) >= 11 is 12.2. The second-order valence-corrected chi connectivity index (χ2v) is 6.33. The molecule has 0 fully saturated rings. The van der Waals surface area contributed by atoms with Gasteiger partial charge in [-0.25, -0.2) is 8.78 Å². The van der Waals surface area contributed by atoms with Gasteiger partial charge in [-0.1, -0.05) is 47.5 Å². The molecule has 0 aliphatic carbocycles. The number of aromatic nitrogens is 2. The van der Waals surface area contributed by atoms with Crippen molar-refractivity contribution in [2.24, 2.45) is 7.05 Å². The fourth-order valence-electron chi connectivity index (χ4n) is 2.70. The number of carbonyl (C=O) groups excluding carboxylic acids is 1. The number of hydrogen-bond donors (Lipinski definition) is 0. The molecule has 0 unspecified atom stereocenters. The van der Waals surface area contributed by atoms with Crippen LogP contribution in [0.1, 0.15) is 12.1 Å². The molecule has 8 heteroatoms. The zero-order valence-electron chi connectivity index (χ0n) is 13.5. The van der Waals surface area contributed by atoms with Gasteiger partial charge >= 0.3 is 0 Å². The van der Waals surface area contributed by atoms with Crippen molar-refractivity contribution < 1.29 is 13.6 Å². The molecule has 1 amide bonds. The van der Waals surface area contributed by atoms with Gasteiger partial charge < -0.3 is 0 Å². The Hall–Kier alpha value is -2.44. The van der Waals surface area contributed by atoms with Gasteiger partial charge in [-0.15, -0.1) is 0 Å². The normalized spacial score (nSPS) is 11.0. The van der Waals surface area contributed by atoms with E-state index >= 15 is 0 Å². The lowest BCUT2D eigenvalue weighted by Crippen LogP contribution is -2.16. The highest BCUT2D eigenvalue weighted by atomic mass is 35.5. The lowest BCUT2D eigenvalue weighted by atomic mass is 10.0. The van der Waals surface area contributed by atoms with Crippen molar-refractivity contribution in [3.63, 3.8) is 0 Å². The Balaban J connectivity index is 2.19. The predicted molar refractivity (Wildman–Crippen MR) is 98.3 cm³/mol. The first-order valence-corrected chi connectivity index (χ1v) is 8.28. The zero-order chi connectivity index (χ0) is 18.8. The van der Waals surface area contributed by atoms with Crippen LogP contribution in [0.25, 0.3) is 11.1 Å². The quantitative estimate of drug-likeness (QED) is 0.525. The van der Waals surface area contributed by atoms with Crippen LogP contribution in [0.15, 0.2) is 48.7 Å². The largest absolute Gasteiger partial charge is 0.284 e. The van der Waals surface area contributed by atoms with Gasteiger partial charge in [-0.3, -0.25) is 14.4 Å². The van der Waals surface area contributed by atoms with E-state index < -0.39 is 12.1 Å². The molecule has 3 rings (SSSR count). The van der Waals surface area contributed by atoms with E-state index in [2.05, 4.69) is 5.10 Å². The first kappa shape index (κ1) is 18.4. The van der Waals surface area contributed by atoms with Crippen molar-refractivity contribution in [2.75, 3.05) is 4.90 Å². The third kappa shape index (κ3) is 3.43. The van der Waals surface area contributed by atoms with E-state index in [9.17, 15) is 13.6 Å². The minimum Gasteiger partial charge on any atom is -0.279 e. The summed E-state index contributed by atoms with van der Waals surface area (Å²) in [5.74, 6) is 0. The monoisotopic (exact) mass is 395 g/mol. The molecular weight excluding hydrogens is 383 g/mol. The summed E-state index contributed by atoms with van der Waals surface area (Å²) < 4.78 is 27.9. The molecule has 0 radical (unpaired) electrons. The Morgan fingerprint density at radius 2 is 1.85 bits per heavy atom. The van der Waals surface area contributed by atoms with E-state index in [1.54, 1.807) is 42.5 Å². The van der Waals surface area contributed by atoms with Gasteiger partial charge in [0.1, 0.15) is 0 Å². The Labute approximate surface area is 158 Å². The molecule has 134 valence electrons. The Morgan fingerprint density at radius 1 is 1.12 bits per heavy atom. The minimum atomic E-state index is -2.82. The second kappa shape index (κ2) is 7.43. The van der Waals surface area contributed by atoms with Crippen LogP contribution >= 0.6 is 23.2 Å². The van der Waals surface area contributed by atoms with E-state index in [4.69, 9.17) is 23.2 Å². The van der Waals surface area contributed by atoms with Crippen molar-refractivity contribution in [1.29, 1.82) is 0 Å². The first-order chi connectivity index (χ1) is 12.4. The van der Waals surface area contributed by atoms with Crippen LogP contribution in [0.2, 0.25) is 10.0 Å². The lowest BCUT2D eigenvalue weighted by molar-refractivity contribution is -0.106. The average Bonchev–Trinajstić information content (AvgIpc) is 2.98. The molecule has 1 heterocycles. The fraction of sp³-hybridized carbons (Fsp3) is 0.111. The lowest BCUT2D eigenvalue weighted by Gasteiger charge is -2.21. The molecule has 0 saturated carbocycles. The summed E-state index contributed by atoms with van der Waals surface area (Å²) in [7, 11) is 1.51. The molecule has 0 atom stereocenters. The van der Waals surface area contributed by atoms with Crippen molar-refractivity contribution in [3.8, 4) is 11.1 Å². The summed E-state index contributed by atoms with van der Waals surface area (Å²) in [6.45, 7) is 0. The number of rotatable bonds is 5. The molecule has 0 aliphatic rings. The minimum absolute atomic E-state index is 0.00929. The van der Waals surface area contributed by atoms with Crippen molar-refractivity contribution in [2.45, 2.75) is 6.43 Å². The van der Waals surface area contributed by atoms with Crippen molar-refractivity contribution in [3.05, 3.63) is 64.4 Å². The number of alkyl halides is 2. The number of aryl methyl sites for hydroxylation is 1. The Bertz CT molecular complexity index is 959. The standard InChI is InChI=1S/C18H13Cl2F2N3O/c1-24-9-16(17(23-24)18(21)22)25(10-26)15-5-3-2-4-13(15)12-7-6-11(19)8-14(12)20/h2-10,18H,1H3. The van der Waals surface area contributed by atoms with Crippen molar-refractivity contribution >= 4 is 41.0 Å². The predicted octanol–water partition coefficient (Wildman–Crippen LogP) is 5.63. The van der Waals surface area contributed by atoms with E-state index in [0.29, 0.717) is 33.3 Å². The van der Waals surface area contributed by atoms with Crippen LogP contribution in [-0.2, 0) is 11.8 Å². The number of anilines is 2. The van der Waals surface area contributed by atoms with Gasteiger partial charge in [0.25, 0.3) is 6.43 Å². The highest BCUT2D eigenvalue weighted by Gasteiger charge is 2.25. The van der Waals surface area contributed by atoms with Crippen LogP contribution in [0.4, 0.5) is 20.2 Å². The number of hydrogen-bond acceptors (Lipinski definition) is 2. The van der Waals surface area contributed by atoms with Gasteiger partial charge in [0.2, 0.25) is 6.41 Å². The maximum atomic E-state index is 13.3.